The lowest BCUT2D eigenvalue weighted by atomic mass is 9.85. The van der Waals surface area contributed by atoms with Crippen LogP contribution in [-0.4, -0.2) is 39.2 Å². The van der Waals surface area contributed by atoms with Gasteiger partial charge in [-0.15, -0.1) is 0 Å². The van der Waals surface area contributed by atoms with Crippen LogP contribution in [0.2, 0.25) is 5.15 Å². The zero-order valence-electron chi connectivity index (χ0n) is 13.9. The minimum absolute atomic E-state index is 0.200. The van der Waals surface area contributed by atoms with Gasteiger partial charge < -0.3 is 14.2 Å². The summed E-state index contributed by atoms with van der Waals surface area (Å²) in [6.45, 7) is 5.64. The highest BCUT2D eigenvalue weighted by molar-refractivity contribution is 6.29. The molecule has 0 atom stereocenters. The first-order valence-electron chi connectivity index (χ1n) is 7.83. The molecule has 1 aliphatic rings. The summed E-state index contributed by atoms with van der Waals surface area (Å²) < 4.78 is 7.57. The van der Waals surface area contributed by atoms with Crippen molar-refractivity contribution in [2.24, 2.45) is 0 Å². The summed E-state index contributed by atoms with van der Waals surface area (Å²) in [5.74, 6) is 0. The third kappa shape index (κ3) is 3.29. The number of hydrogen-bond donors (Lipinski definition) is 0. The molecule has 1 saturated carbocycles. The van der Waals surface area contributed by atoms with E-state index in [4.69, 9.17) is 16.3 Å². The quantitative estimate of drug-likeness (QED) is 0.770. The minimum atomic E-state index is -0.466. The Kier molecular flexibility index (Phi) is 4.00. The maximum absolute atomic E-state index is 12.1. The SMILES string of the molecule is CN(C(=O)OC(C)(C)C)C1CC(n2ccc3ccc(Cl)nc32)C1. The molecule has 0 saturated heterocycles. The van der Waals surface area contributed by atoms with Gasteiger partial charge in [0.25, 0.3) is 0 Å². The minimum Gasteiger partial charge on any atom is -0.444 e. The fraction of sp³-hybridized carbons (Fsp3) is 0.529. The molecule has 1 aliphatic carbocycles. The standard InChI is InChI=1S/C17H22ClN3O2/c1-17(2,3)23-16(22)20(4)12-9-13(10-12)21-8-7-11-5-6-14(18)19-15(11)21/h5-8,12-13H,9-10H2,1-4H3. The van der Waals surface area contributed by atoms with Gasteiger partial charge >= 0.3 is 6.09 Å². The van der Waals surface area contributed by atoms with Crippen molar-refractivity contribution in [2.45, 2.75) is 51.3 Å². The number of fused-ring (bicyclic) bond motifs is 1. The van der Waals surface area contributed by atoms with E-state index < -0.39 is 5.60 Å². The Morgan fingerprint density at radius 1 is 1.35 bits per heavy atom. The second kappa shape index (κ2) is 5.71. The number of carbonyl (C=O) groups is 1. The Hall–Kier alpha value is -1.75. The highest BCUT2D eigenvalue weighted by atomic mass is 35.5. The predicted octanol–water partition coefficient (Wildman–Crippen LogP) is 4.26. The van der Waals surface area contributed by atoms with Crippen molar-refractivity contribution in [1.82, 2.24) is 14.5 Å². The molecule has 0 bridgehead atoms. The molecule has 0 spiro atoms. The summed E-state index contributed by atoms with van der Waals surface area (Å²) in [5, 5.41) is 1.58. The van der Waals surface area contributed by atoms with Crippen molar-refractivity contribution in [1.29, 1.82) is 0 Å². The third-order valence-corrected chi connectivity index (χ3v) is 4.45. The van der Waals surface area contributed by atoms with Crippen molar-refractivity contribution < 1.29 is 9.53 Å². The monoisotopic (exact) mass is 335 g/mol. The van der Waals surface area contributed by atoms with Gasteiger partial charge in [-0.05, 0) is 51.8 Å². The Bertz CT molecular complexity index is 729. The van der Waals surface area contributed by atoms with Crippen molar-refractivity contribution in [3.63, 3.8) is 0 Å². The first-order valence-corrected chi connectivity index (χ1v) is 8.21. The van der Waals surface area contributed by atoms with Crippen molar-refractivity contribution in [2.75, 3.05) is 7.05 Å². The third-order valence-electron chi connectivity index (χ3n) is 4.24. The van der Waals surface area contributed by atoms with Gasteiger partial charge in [-0.1, -0.05) is 11.6 Å². The molecule has 124 valence electrons. The Balaban J connectivity index is 1.66. The summed E-state index contributed by atoms with van der Waals surface area (Å²) in [6, 6.07) is 6.36. The molecule has 1 amide bonds. The molecular weight excluding hydrogens is 314 g/mol. The van der Waals surface area contributed by atoms with E-state index in [9.17, 15) is 4.79 Å². The molecule has 0 unspecified atom stereocenters. The summed E-state index contributed by atoms with van der Waals surface area (Å²) in [5.41, 5.74) is 0.437. The fourth-order valence-electron chi connectivity index (χ4n) is 2.88. The molecule has 2 aromatic heterocycles. The number of halogens is 1. The van der Waals surface area contributed by atoms with Crippen LogP contribution in [0.3, 0.4) is 0 Å². The van der Waals surface area contributed by atoms with Gasteiger partial charge in [-0.3, -0.25) is 0 Å². The smallest absolute Gasteiger partial charge is 0.410 e. The van der Waals surface area contributed by atoms with E-state index in [1.54, 1.807) is 18.0 Å². The van der Waals surface area contributed by atoms with Crippen LogP contribution < -0.4 is 0 Å². The first-order chi connectivity index (χ1) is 10.7. The van der Waals surface area contributed by atoms with Gasteiger partial charge in [0.1, 0.15) is 16.4 Å². The first kappa shape index (κ1) is 16.1. The van der Waals surface area contributed by atoms with Crippen LogP contribution in [0.5, 0.6) is 0 Å². The van der Waals surface area contributed by atoms with E-state index in [0.29, 0.717) is 11.2 Å². The topological polar surface area (TPSA) is 47.4 Å². The number of amides is 1. The van der Waals surface area contributed by atoms with E-state index >= 15 is 0 Å². The molecule has 3 rings (SSSR count). The average molecular weight is 336 g/mol. The molecule has 6 heteroatoms. The number of nitrogens with zero attached hydrogens (tertiary/aromatic N) is 3. The maximum atomic E-state index is 12.1. The van der Waals surface area contributed by atoms with Crippen molar-refractivity contribution in [3.8, 4) is 0 Å². The average Bonchev–Trinajstić information content (AvgIpc) is 2.78. The number of hydrogen-bond acceptors (Lipinski definition) is 3. The number of aromatic nitrogens is 2. The molecule has 2 aromatic rings. The second-order valence-electron chi connectivity index (χ2n) is 7.14. The summed E-state index contributed by atoms with van der Waals surface area (Å²) >= 11 is 6.00. The van der Waals surface area contributed by atoms with E-state index in [0.717, 1.165) is 23.9 Å². The highest BCUT2D eigenvalue weighted by Crippen LogP contribution is 2.38. The lowest BCUT2D eigenvalue weighted by Crippen LogP contribution is -2.47. The number of carbonyl (C=O) groups excluding carboxylic acids is 1. The highest BCUT2D eigenvalue weighted by Gasteiger charge is 2.37. The molecule has 5 nitrogen and oxygen atoms in total. The second-order valence-corrected chi connectivity index (χ2v) is 7.53. The van der Waals surface area contributed by atoms with E-state index in [2.05, 4.69) is 9.55 Å². The van der Waals surface area contributed by atoms with Gasteiger partial charge in [0.15, 0.2) is 0 Å². The largest absolute Gasteiger partial charge is 0.444 e. The van der Waals surface area contributed by atoms with Crippen molar-refractivity contribution >= 4 is 28.7 Å². The molecule has 0 N–H and O–H groups in total. The van der Waals surface area contributed by atoms with Gasteiger partial charge in [0, 0.05) is 30.7 Å². The summed E-state index contributed by atoms with van der Waals surface area (Å²) in [7, 11) is 1.80. The van der Waals surface area contributed by atoms with Crippen molar-refractivity contribution in [3.05, 3.63) is 29.5 Å². The zero-order chi connectivity index (χ0) is 16.8. The molecule has 1 fully saturated rings. The summed E-state index contributed by atoms with van der Waals surface area (Å²) in [4.78, 5) is 18.2. The molecule has 0 aliphatic heterocycles. The molecular formula is C17H22ClN3O2. The lowest BCUT2D eigenvalue weighted by molar-refractivity contribution is 0.00810. The van der Waals surface area contributed by atoms with Gasteiger partial charge in [0.2, 0.25) is 0 Å². The van der Waals surface area contributed by atoms with Crippen LogP contribution in [0.15, 0.2) is 24.4 Å². The molecule has 2 heterocycles. The van der Waals surface area contributed by atoms with Gasteiger partial charge in [-0.25, -0.2) is 9.78 Å². The normalized spacial score (nSPS) is 21.1. The summed E-state index contributed by atoms with van der Waals surface area (Å²) in [6.07, 6.45) is 3.57. The van der Waals surface area contributed by atoms with Crippen LogP contribution in [0, 0.1) is 0 Å². The number of rotatable bonds is 2. The predicted molar refractivity (Wildman–Crippen MR) is 90.8 cm³/mol. The van der Waals surface area contributed by atoms with Crippen LogP contribution in [-0.2, 0) is 4.74 Å². The van der Waals surface area contributed by atoms with E-state index in [1.807, 2.05) is 39.1 Å². The van der Waals surface area contributed by atoms with Crippen LogP contribution in [0.1, 0.15) is 39.7 Å². The number of pyridine rings is 1. The number of ether oxygens (including phenoxy) is 1. The fourth-order valence-corrected chi connectivity index (χ4v) is 3.03. The molecule has 0 aromatic carbocycles. The van der Waals surface area contributed by atoms with Crippen LogP contribution in [0.25, 0.3) is 11.0 Å². The molecule has 0 radical (unpaired) electrons. The Morgan fingerprint density at radius 3 is 2.70 bits per heavy atom. The van der Waals surface area contributed by atoms with E-state index in [1.165, 1.54) is 0 Å². The van der Waals surface area contributed by atoms with E-state index in [-0.39, 0.29) is 12.1 Å². The van der Waals surface area contributed by atoms with Crippen LogP contribution in [0.4, 0.5) is 4.79 Å². The Labute approximate surface area is 141 Å². The van der Waals surface area contributed by atoms with Gasteiger partial charge in [0.05, 0.1) is 0 Å². The van der Waals surface area contributed by atoms with Gasteiger partial charge in [-0.2, -0.15) is 0 Å². The lowest BCUT2D eigenvalue weighted by Gasteiger charge is -2.42. The Morgan fingerprint density at radius 2 is 2.04 bits per heavy atom. The molecule has 23 heavy (non-hydrogen) atoms. The maximum Gasteiger partial charge on any atom is 0.410 e. The zero-order valence-corrected chi connectivity index (χ0v) is 14.7. The van der Waals surface area contributed by atoms with Crippen LogP contribution >= 0.6 is 11.6 Å².